The molecule has 1 aliphatic rings. The zero-order valence-electron chi connectivity index (χ0n) is 10.3. The van der Waals surface area contributed by atoms with Crippen molar-refractivity contribution in [3.05, 3.63) is 50.1 Å². The molecule has 6 heteroatoms. The molecule has 0 bridgehead atoms. The molecule has 20 heavy (non-hydrogen) atoms. The Hall–Kier alpha value is -1.66. The van der Waals surface area contributed by atoms with E-state index in [0.29, 0.717) is 17.8 Å². The third kappa shape index (κ3) is 2.14. The average Bonchev–Trinajstić information content (AvgIpc) is 3.03. The summed E-state index contributed by atoms with van der Waals surface area (Å²) in [5, 5.41) is 10.9. The van der Waals surface area contributed by atoms with Crippen molar-refractivity contribution in [2.45, 2.75) is 6.42 Å². The highest BCUT2D eigenvalue weighted by Gasteiger charge is 2.28. The van der Waals surface area contributed by atoms with E-state index in [1.165, 1.54) is 17.4 Å². The second kappa shape index (κ2) is 5.03. The van der Waals surface area contributed by atoms with E-state index < -0.39 is 5.97 Å². The van der Waals surface area contributed by atoms with Crippen molar-refractivity contribution in [3.63, 3.8) is 0 Å². The largest absolute Gasteiger partial charge is 0.478 e. The van der Waals surface area contributed by atoms with E-state index in [-0.39, 0.29) is 11.5 Å². The highest BCUT2D eigenvalue weighted by Crippen LogP contribution is 2.33. The lowest BCUT2D eigenvalue weighted by Crippen LogP contribution is -2.28. The van der Waals surface area contributed by atoms with Crippen molar-refractivity contribution in [2.75, 3.05) is 11.4 Å². The first-order valence-corrected chi connectivity index (χ1v) is 7.66. The molecule has 102 valence electrons. The van der Waals surface area contributed by atoms with Crippen molar-refractivity contribution < 1.29 is 14.7 Å². The molecule has 0 atom stereocenters. The van der Waals surface area contributed by atoms with Crippen LogP contribution in [0.15, 0.2) is 34.1 Å². The minimum absolute atomic E-state index is 0.0475. The highest BCUT2D eigenvalue weighted by atomic mass is 79.9. The number of fused-ring (bicyclic) bond motifs is 1. The van der Waals surface area contributed by atoms with Gasteiger partial charge in [-0.2, -0.15) is 0 Å². The Morgan fingerprint density at radius 2 is 2.10 bits per heavy atom. The minimum atomic E-state index is -0.946. The number of benzene rings is 1. The highest BCUT2D eigenvalue weighted by molar-refractivity contribution is 9.10. The molecule has 1 aromatic carbocycles. The maximum atomic E-state index is 12.5. The molecule has 0 saturated heterocycles. The predicted molar refractivity (Wildman–Crippen MR) is 80.8 cm³/mol. The Morgan fingerprint density at radius 1 is 1.30 bits per heavy atom. The lowest BCUT2D eigenvalue weighted by Gasteiger charge is -2.16. The Morgan fingerprint density at radius 3 is 2.75 bits per heavy atom. The Balaban J connectivity index is 1.96. The number of hydrogen-bond donors (Lipinski definition) is 1. The lowest BCUT2D eigenvalue weighted by molar-refractivity contribution is 0.0696. The van der Waals surface area contributed by atoms with Crippen molar-refractivity contribution in [2.24, 2.45) is 0 Å². The summed E-state index contributed by atoms with van der Waals surface area (Å²) in [5.41, 5.74) is 1.97. The number of carboxylic acid groups (broad SMARTS) is 1. The lowest BCUT2D eigenvalue weighted by atomic mass is 10.1. The van der Waals surface area contributed by atoms with Gasteiger partial charge in [0.1, 0.15) is 4.88 Å². The standard InChI is InChI=1S/C14H10BrNO3S/c15-10-4-6-20-12(10)13(17)16-5-3-8-7-9(14(18)19)1-2-11(8)16/h1-2,4,6-7H,3,5H2,(H,18,19). The molecule has 1 amide bonds. The first-order chi connectivity index (χ1) is 9.58. The topological polar surface area (TPSA) is 57.6 Å². The smallest absolute Gasteiger partial charge is 0.335 e. The van der Waals surface area contributed by atoms with Crippen LogP contribution in [-0.2, 0) is 6.42 Å². The van der Waals surface area contributed by atoms with Crippen LogP contribution in [0.2, 0.25) is 0 Å². The predicted octanol–water partition coefficient (Wildman–Crippen LogP) is 3.41. The van der Waals surface area contributed by atoms with Crippen LogP contribution in [0.3, 0.4) is 0 Å². The van der Waals surface area contributed by atoms with Gasteiger partial charge in [0.2, 0.25) is 0 Å². The fourth-order valence-corrected chi connectivity index (χ4v) is 3.80. The molecular weight excluding hydrogens is 342 g/mol. The van der Waals surface area contributed by atoms with Crippen LogP contribution in [0.25, 0.3) is 0 Å². The molecular formula is C14H10BrNO3S. The van der Waals surface area contributed by atoms with Gasteiger partial charge in [0.25, 0.3) is 5.91 Å². The molecule has 1 aromatic heterocycles. The van der Waals surface area contributed by atoms with E-state index in [2.05, 4.69) is 15.9 Å². The number of amides is 1. The zero-order chi connectivity index (χ0) is 14.3. The number of carboxylic acids is 1. The SMILES string of the molecule is O=C(O)c1ccc2c(c1)CCN2C(=O)c1sccc1Br. The Labute approximate surface area is 127 Å². The van der Waals surface area contributed by atoms with Gasteiger partial charge in [0.15, 0.2) is 0 Å². The molecule has 1 N–H and O–H groups in total. The quantitative estimate of drug-likeness (QED) is 0.901. The van der Waals surface area contributed by atoms with Gasteiger partial charge in [-0.3, -0.25) is 4.79 Å². The van der Waals surface area contributed by atoms with E-state index in [1.807, 2.05) is 11.4 Å². The summed E-state index contributed by atoms with van der Waals surface area (Å²) in [6.07, 6.45) is 0.686. The average molecular weight is 352 g/mol. The van der Waals surface area contributed by atoms with Crippen LogP contribution in [0.4, 0.5) is 5.69 Å². The van der Waals surface area contributed by atoms with E-state index >= 15 is 0 Å². The molecule has 3 rings (SSSR count). The first-order valence-electron chi connectivity index (χ1n) is 5.99. The molecule has 0 spiro atoms. The summed E-state index contributed by atoms with van der Waals surface area (Å²) in [6, 6.07) is 6.75. The van der Waals surface area contributed by atoms with E-state index in [4.69, 9.17) is 5.11 Å². The summed E-state index contributed by atoms with van der Waals surface area (Å²) in [7, 11) is 0. The number of nitrogens with zero attached hydrogens (tertiary/aromatic N) is 1. The second-order valence-electron chi connectivity index (χ2n) is 4.45. The summed E-state index contributed by atoms with van der Waals surface area (Å²) in [6.45, 7) is 0.585. The third-order valence-electron chi connectivity index (χ3n) is 3.28. The number of carbonyl (C=O) groups is 2. The first kappa shape index (κ1) is 13.3. The number of anilines is 1. The number of aromatic carboxylic acids is 1. The van der Waals surface area contributed by atoms with Crippen molar-refractivity contribution in [1.82, 2.24) is 0 Å². The number of carbonyl (C=O) groups excluding carboxylic acids is 1. The van der Waals surface area contributed by atoms with Crippen LogP contribution in [0, 0.1) is 0 Å². The van der Waals surface area contributed by atoms with Gasteiger partial charge < -0.3 is 10.0 Å². The minimum Gasteiger partial charge on any atom is -0.478 e. The maximum absolute atomic E-state index is 12.5. The summed E-state index contributed by atoms with van der Waals surface area (Å²) in [5.74, 6) is -0.993. The molecule has 4 nitrogen and oxygen atoms in total. The van der Waals surface area contributed by atoms with Crippen LogP contribution >= 0.6 is 27.3 Å². The van der Waals surface area contributed by atoms with Gasteiger partial charge in [-0.25, -0.2) is 4.79 Å². The van der Waals surface area contributed by atoms with Crippen LogP contribution in [0.1, 0.15) is 25.6 Å². The van der Waals surface area contributed by atoms with E-state index in [0.717, 1.165) is 15.7 Å². The number of rotatable bonds is 2. The number of thiophene rings is 1. The molecule has 0 aliphatic carbocycles. The normalized spacial score (nSPS) is 13.3. The zero-order valence-corrected chi connectivity index (χ0v) is 12.7. The summed E-state index contributed by atoms with van der Waals surface area (Å²) < 4.78 is 0.795. The van der Waals surface area contributed by atoms with Crippen LogP contribution in [0.5, 0.6) is 0 Å². The van der Waals surface area contributed by atoms with Crippen LogP contribution < -0.4 is 4.90 Å². The van der Waals surface area contributed by atoms with Crippen molar-refractivity contribution in [3.8, 4) is 0 Å². The maximum Gasteiger partial charge on any atom is 0.335 e. The van der Waals surface area contributed by atoms with Crippen molar-refractivity contribution in [1.29, 1.82) is 0 Å². The van der Waals surface area contributed by atoms with Gasteiger partial charge in [0, 0.05) is 16.7 Å². The van der Waals surface area contributed by atoms with Gasteiger partial charge in [-0.15, -0.1) is 11.3 Å². The van der Waals surface area contributed by atoms with Gasteiger partial charge in [-0.1, -0.05) is 0 Å². The second-order valence-corrected chi connectivity index (χ2v) is 6.22. The molecule has 0 fully saturated rings. The van der Waals surface area contributed by atoms with E-state index in [9.17, 15) is 9.59 Å². The van der Waals surface area contributed by atoms with Gasteiger partial charge >= 0.3 is 5.97 Å². The number of hydrogen-bond acceptors (Lipinski definition) is 3. The fraction of sp³-hybridized carbons (Fsp3) is 0.143. The molecule has 0 saturated carbocycles. The fourth-order valence-electron chi connectivity index (χ4n) is 2.31. The van der Waals surface area contributed by atoms with Gasteiger partial charge in [0.05, 0.1) is 5.56 Å². The number of halogens is 1. The molecule has 2 aromatic rings. The Bertz CT molecular complexity index is 710. The molecule has 1 aliphatic heterocycles. The molecule has 0 unspecified atom stereocenters. The third-order valence-corrected chi connectivity index (χ3v) is 5.10. The van der Waals surface area contributed by atoms with Crippen molar-refractivity contribution >= 4 is 44.8 Å². The monoisotopic (exact) mass is 351 g/mol. The van der Waals surface area contributed by atoms with Crippen LogP contribution in [-0.4, -0.2) is 23.5 Å². The molecule has 2 heterocycles. The van der Waals surface area contributed by atoms with Gasteiger partial charge in [-0.05, 0) is 57.6 Å². The summed E-state index contributed by atoms with van der Waals surface area (Å²) >= 11 is 4.76. The Kier molecular flexibility index (Phi) is 3.35. The summed E-state index contributed by atoms with van der Waals surface area (Å²) in [4.78, 5) is 25.8. The van der Waals surface area contributed by atoms with E-state index in [1.54, 1.807) is 17.0 Å². The molecule has 0 radical (unpaired) electrons.